The largest absolute Gasteiger partial charge is 0.409 e. The van der Waals surface area contributed by atoms with E-state index < -0.39 is 0 Å². The zero-order valence-corrected chi connectivity index (χ0v) is 12.2. The van der Waals surface area contributed by atoms with Gasteiger partial charge in [0.25, 0.3) is 0 Å². The molecule has 1 saturated heterocycles. The molecular formula is C15H21N5O. The highest BCUT2D eigenvalue weighted by Crippen LogP contribution is 2.22. The Kier molecular flexibility index (Phi) is 3.79. The maximum absolute atomic E-state index is 8.75. The summed E-state index contributed by atoms with van der Waals surface area (Å²) in [5.41, 5.74) is 7.98. The Morgan fingerprint density at radius 2 is 2.10 bits per heavy atom. The fourth-order valence-corrected chi connectivity index (χ4v) is 3.09. The lowest BCUT2D eigenvalue weighted by Crippen LogP contribution is -2.38. The van der Waals surface area contributed by atoms with Crippen LogP contribution in [0.15, 0.2) is 29.4 Å². The van der Waals surface area contributed by atoms with E-state index in [4.69, 9.17) is 10.9 Å². The Hall–Kier alpha value is -2.08. The summed E-state index contributed by atoms with van der Waals surface area (Å²) >= 11 is 0. The third kappa shape index (κ3) is 2.71. The fraction of sp³-hybridized carbons (Fsp3) is 0.467. The molecule has 2 heterocycles. The van der Waals surface area contributed by atoms with E-state index in [1.807, 2.05) is 17.8 Å². The van der Waals surface area contributed by atoms with Gasteiger partial charge in [0.1, 0.15) is 5.84 Å². The number of aryl methyl sites for hydroxylation is 1. The van der Waals surface area contributed by atoms with Crippen LogP contribution in [0.3, 0.4) is 0 Å². The molecule has 0 radical (unpaired) electrons. The van der Waals surface area contributed by atoms with E-state index in [-0.39, 0.29) is 5.92 Å². The molecule has 1 aromatic heterocycles. The van der Waals surface area contributed by atoms with Gasteiger partial charge in [-0.15, -0.1) is 0 Å². The van der Waals surface area contributed by atoms with Gasteiger partial charge in [0, 0.05) is 24.9 Å². The van der Waals surface area contributed by atoms with Gasteiger partial charge >= 0.3 is 0 Å². The molecule has 0 amide bonds. The molecule has 3 N–H and O–H groups in total. The van der Waals surface area contributed by atoms with Crippen LogP contribution in [0.1, 0.15) is 18.5 Å². The van der Waals surface area contributed by atoms with Crippen LogP contribution in [0.4, 0.5) is 0 Å². The predicted molar refractivity (Wildman–Crippen MR) is 82.1 cm³/mol. The number of benzene rings is 1. The van der Waals surface area contributed by atoms with Gasteiger partial charge in [0.2, 0.25) is 0 Å². The van der Waals surface area contributed by atoms with Crippen molar-refractivity contribution >= 4 is 16.7 Å². The Balaban J connectivity index is 1.70. The van der Waals surface area contributed by atoms with E-state index >= 15 is 0 Å². The molecule has 0 unspecified atom stereocenters. The highest BCUT2D eigenvalue weighted by atomic mass is 16.4. The summed E-state index contributed by atoms with van der Waals surface area (Å²) in [5, 5.41) is 17.7. The minimum atomic E-state index is 0.201. The molecule has 0 atom stereocenters. The lowest BCUT2D eigenvalue weighted by molar-refractivity contribution is 0.197. The van der Waals surface area contributed by atoms with Crippen LogP contribution in [0.2, 0.25) is 0 Å². The van der Waals surface area contributed by atoms with Gasteiger partial charge in [-0.25, -0.2) is 0 Å². The number of piperidine rings is 1. The standard InChI is InChI=1S/C15H21N5O/c1-19-14-5-3-2-4-12(14)13(17-19)10-20-8-6-11(7-9-20)15(16)18-21/h2-5,11,21H,6-10H2,1H3,(H2,16,18). The number of nitrogens with zero attached hydrogens (tertiary/aromatic N) is 4. The first-order valence-corrected chi connectivity index (χ1v) is 7.29. The number of amidine groups is 1. The highest BCUT2D eigenvalue weighted by Gasteiger charge is 2.23. The normalized spacial score (nSPS) is 18.4. The monoisotopic (exact) mass is 287 g/mol. The fourth-order valence-electron chi connectivity index (χ4n) is 3.09. The highest BCUT2D eigenvalue weighted by molar-refractivity contribution is 5.82. The molecule has 0 spiro atoms. The quantitative estimate of drug-likeness (QED) is 0.388. The minimum Gasteiger partial charge on any atom is -0.409 e. The van der Waals surface area contributed by atoms with Gasteiger partial charge in [-0.1, -0.05) is 23.4 Å². The molecule has 0 saturated carbocycles. The van der Waals surface area contributed by atoms with Crippen LogP contribution < -0.4 is 5.73 Å². The van der Waals surface area contributed by atoms with Gasteiger partial charge < -0.3 is 10.9 Å². The second-order valence-corrected chi connectivity index (χ2v) is 5.66. The molecule has 1 aromatic carbocycles. The Morgan fingerprint density at radius 3 is 2.81 bits per heavy atom. The number of hydrogen-bond acceptors (Lipinski definition) is 4. The van der Waals surface area contributed by atoms with Crippen molar-refractivity contribution in [2.45, 2.75) is 19.4 Å². The van der Waals surface area contributed by atoms with Crippen LogP contribution in [0.25, 0.3) is 10.9 Å². The Morgan fingerprint density at radius 1 is 1.38 bits per heavy atom. The number of oxime groups is 1. The number of nitrogens with two attached hydrogens (primary N) is 1. The topological polar surface area (TPSA) is 79.7 Å². The SMILES string of the molecule is Cn1nc(CN2CCC(C(N)=NO)CC2)c2ccccc21. The molecule has 0 aliphatic carbocycles. The second kappa shape index (κ2) is 5.73. The number of hydrogen-bond donors (Lipinski definition) is 2. The summed E-state index contributed by atoms with van der Waals surface area (Å²) in [5.74, 6) is 0.560. The van der Waals surface area contributed by atoms with Crippen molar-refractivity contribution in [1.82, 2.24) is 14.7 Å². The van der Waals surface area contributed by atoms with Crippen LogP contribution in [-0.4, -0.2) is 38.8 Å². The maximum Gasteiger partial charge on any atom is 0.142 e. The molecule has 6 heteroatoms. The summed E-state index contributed by atoms with van der Waals surface area (Å²) in [6, 6.07) is 8.31. The molecule has 6 nitrogen and oxygen atoms in total. The number of fused-ring (bicyclic) bond motifs is 1. The molecule has 3 rings (SSSR count). The molecule has 112 valence electrons. The lowest BCUT2D eigenvalue weighted by atomic mass is 9.95. The smallest absolute Gasteiger partial charge is 0.142 e. The summed E-state index contributed by atoms with van der Waals surface area (Å²) in [7, 11) is 1.98. The zero-order valence-electron chi connectivity index (χ0n) is 12.2. The van der Waals surface area contributed by atoms with Gasteiger partial charge in [0.05, 0.1) is 11.2 Å². The number of aromatic nitrogens is 2. The van der Waals surface area contributed by atoms with Crippen LogP contribution >= 0.6 is 0 Å². The number of para-hydroxylation sites is 1. The van der Waals surface area contributed by atoms with E-state index in [0.29, 0.717) is 5.84 Å². The number of rotatable bonds is 3. The van der Waals surface area contributed by atoms with Crippen LogP contribution in [-0.2, 0) is 13.6 Å². The maximum atomic E-state index is 8.75. The van der Waals surface area contributed by atoms with Crippen LogP contribution in [0.5, 0.6) is 0 Å². The summed E-state index contributed by atoms with van der Waals surface area (Å²) in [6.45, 7) is 2.75. The summed E-state index contributed by atoms with van der Waals surface area (Å²) < 4.78 is 1.94. The minimum absolute atomic E-state index is 0.201. The van der Waals surface area contributed by atoms with Crippen molar-refractivity contribution in [1.29, 1.82) is 0 Å². The Bertz CT molecular complexity index is 655. The molecule has 1 aliphatic heterocycles. The average molecular weight is 287 g/mol. The molecular weight excluding hydrogens is 266 g/mol. The molecule has 0 bridgehead atoms. The van der Waals surface area contributed by atoms with Crippen molar-refractivity contribution in [3.05, 3.63) is 30.0 Å². The lowest BCUT2D eigenvalue weighted by Gasteiger charge is -2.30. The first-order chi connectivity index (χ1) is 10.2. The average Bonchev–Trinajstić information content (AvgIpc) is 2.84. The second-order valence-electron chi connectivity index (χ2n) is 5.66. The molecule has 21 heavy (non-hydrogen) atoms. The van der Waals surface area contributed by atoms with Crippen molar-refractivity contribution in [3.63, 3.8) is 0 Å². The summed E-state index contributed by atoms with van der Waals surface area (Å²) in [4.78, 5) is 2.38. The van der Waals surface area contributed by atoms with E-state index in [0.717, 1.165) is 38.2 Å². The third-order valence-corrected chi connectivity index (χ3v) is 4.33. The van der Waals surface area contributed by atoms with Crippen molar-refractivity contribution in [2.75, 3.05) is 13.1 Å². The van der Waals surface area contributed by atoms with E-state index in [1.54, 1.807) is 0 Å². The Labute approximate surface area is 123 Å². The van der Waals surface area contributed by atoms with Gasteiger partial charge in [0.15, 0.2) is 0 Å². The number of likely N-dealkylation sites (tertiary alicyclic amines) is 1. The van der Waals surface area contributed by atoms with E-state index in [1.165, 1.54) is 10.9 Å². The van der Waals surface area contributed by atoms with Crippen molar-refractivity contribution in [3.8, 4) is 0 Å². The first-order valence-electron chi connectivity index (χ1n) is 7.29. The van der Waals surface area contributed by atoms with E-state index in [2.05, 4.69) is 33.4 Å². The third-order valence-electron chi connectivity index (χ3n) is 4.33. The van der Waals surface area contributed by atoms with Crippen LogP contribution in [0, 0.1) is 5.92 Å². The molecule has 1 aliphatic rings. The van der Waals surface area contributed by atoms with Gasteiger partial charge in [-0.3, -0.25) is 9.58 Å². The summed E-state index contributed by atoms with van der Waals surface area (Å²) in [6.07, 6.45) is 1.86. The van der Waals surface area contributed by atoms with Crippen molar-refractivity contribution < 1.29 is 5.21 Å². The predicted octanol–water partition coefficient (Wildman–Crippen LogP) is 1.53. The molecule has 2 aromatic rings. The first kappa shape index (κ1) is 13.9. The van der Waals surface area contributed by atoms with Gasteiger partial charge in [-0.2, -0.15) is 5.10 Å². The zero-order chi connectivity index (χ0) is 14.8. The molecule has 1 fully saturated rings. The van der Waals surface area contributed by atoms with Gasteiger partial charge in [-0.05, 0) is 32.0 Å². The van der Waals surface area contributed by atoms with E-state index in [9.17, 15) is 0 Å². The van der Waals surface area contributed by atoms with Crippen molar-refractivity contribution in [2.24, 2.45) is 23.9 Å².